The molecular formula is C14H14IN5O3. The van der Waals surface area contributed by atoms with Crippen molar-refractivity contribution in [1.82, 2.24) is 15.2 Å². The number of carbonyl (C=O) groups excluding carboxylic acids is 1. The molecule has 1 amide bonds. The van der Waals surface area contributed by atoms with Gasteiger partial charge in [-0.25, -0.2) is 5.43 Å². The lowest BCUT2D eigenvalue weighted by Crippen LogP contribution is -2.21. The van der Waals surface area contributed by atoms with E-state index < -0.39 is 4.92 Å². The summed E-state index contributed by atoms with van der Waals surface area (Å²) in [4.78, 5) is 22.2. The summed E-state index contributed by atoms with van der Waals surface area (Å²) >= 11 is 2.08. The number of halogens is 1. The van der Waals surface area contributed by atoms with Gasteiger partial charge in [0, 0.05) is 3.57 Å². The molecule has 0 saturated carbocycles. The highest BCUT2D eigenvalue weighted by molar-refractivity contribution is 14.1. The van der Waals surface area contributed by atoms with Gasteiger partial charge in [-0.05, 0) is 53.5 Å². The van der Waals surface area contributed by atoms with Gasteiger partial charge in [0.1, 0.15) is 6.54 Å². The third-order valence-corrected chi connectivity index (χ3v) is 3.94. The highest BCUT2D eigenvalue weighted by Crippen LogP contribution is 2.12. The van der Waals surface area contributed by atoms with E-state index in [1.54, 1.807) is 26.0 Å². The Hall–Kier alpha value is -2.30. The highest BCUT2D eigenvalue weighted by Gasteiger charge is 2.15. The molecule has 0 aliphatic heterocycles. The van der Waals surface area contributed by atoms with E-state index in [-0.39, 0.29) is 18.3 Å². The summed E-state index contributed by atoms with van der Waals surface area (Å²) in [5, 5.41) is 18.6. The Bertz CT molecular complexity index is 784. The van der Waals surface area contributed by atoms with Gasteiger partial charge in [-0.2, -0.15) is 9.78 Å². The number of rotatable bonds is 5. The first-order valence-corrected chi connectivity index (χ1v) is 7.73. The van der Waals surface area contributed by atoms with Crippen LogP contribution in [0.5, 0.6) is 0 Å². The first-order chi connectivity index (χ1) is 10.9. The maximum absolute atomic E-state index is 12.0. The highest BCUT2D eigenvalue weighted by atomic mass is 127. The number of hydrazone groups is 1. The average Bonchev–Trinajstić information content (AvgIpc) is 2.87. The van der Waals surface area contributed by atoms with E-state index in [1.807, 2.05) is 12.1 Å². The third-order valence-electron chi connectivity index (χ3n) is 3.00. The molecule has 0 spiro atoms. The molecule has 0 saturated heterocycles. The molecule has 9 heteroatoms. The molecule has 23 heavy (non-hydrogen) atoms. The lowest BCUT2D eigenvalue weighted by molar-refractivity contribution is -0.389. The molecule has 1 aromatic carbocycles. The van der Waals surface area contributed by atoms with Crippen LogP contribution in [0.1, 0.15) is 23.0 Å². The molecule has 0 fully saturated rings. The lowest BCUT2D eigenvalue weighted by atomic mass is 10.2. The summed E-state index contributed by atoms with van der Waals surface area (Å²) in [6.07, 6.45) is 0. The first-order valence-electron chi connectivity index (χ1n) is 6.65. The van der Waals surface area contributed by atoms with E-state index in [9.17, 15) is 14.9 Å². The van der Waals surface area contributed by atoms with Crippen LogP contribution in [-0.4, -0.2) is 26.3 Å². The first kappa shape index (κ1) is 17.1. The number of amides is 1. The second-order valence-corrected chi connectivity index (χ2v) is 5.99. The molecule has 1 aromatic heterocycles. The van der Waals surface area contributed by atoms with Crippen LogP contribution in [0.2, 0.25) is 0 Å². The smallest absolute Gasteiger partial charge is 0.358 e. The Morgan fingerprint density at radius 1 is 1.48 bits per heavy atom. The predicted octanol–water partition coefficient (Wildman–Crippen LogP) is 2.51. The standard InChI is InChI=1S/C14H14IN5O3/c1-9(8-19-10(2)7-13(18-19)20(22)23)16-17-14(21)11-5-3-4-6-12(11)15/h3-7H,8H2,1-2H3,(H,17,21). The van der Waals surface area contributed by atoms with Crippen LogP contribution < -0.4 is 5.43 Å². The van der Waals surface area contributed by atoms with Gasteiger partial charge in [-0.1, -0.05) is 12.1 Å². The quantitative estimate of drug-likeness (QED) is 0.343. The van der Waals surface area contributed by atoms with Crippen LogP contribution in [0.15, 0.2) is 35.4 Å². The van der Waals surface area contributed by atoms with Gasteiger partial charge in [0.05, 0.1) is 28.1 Å². The van der Waals surface area contributed by atoms with E-state index in [1.165, 1.54) is 10.7 Å². The molecule has 0 atom stereocenters. The molecule has 120 valence electrons. The summed E-state index contributed by atoms with van der Waals surface area (Å²) in [6, 6.07) is 8.56. The number of carbonyl (C=O) groups is 1. The monoisotopic (exact) mass is 427 g/mol. The van der Waals surface area contributed by atoms with Gasteiger partial charge in [-0.3, -0.25) is 4.79 Å². The number of benzene rings is 1. The molecule has 0 radical (unpaired) electrons. The fourth-order valence-electron chi connectivity index (χ4n) is 1.85. The molecule has 0 aliphatic rings. The van der Waals surface area contributed by atoms with Crippen molar-refractivity contribution >= 4 is 40.0 Å². The van der Waals surface area contributed by atoms with Crippen molar-refractivity contribution < 1.29 is 9.72 Å². The van der Waals surface area contributed by atoms with Crippen LogP contribution in [0, 0.1) is 20.6 Å². The minimum Gasteiger partial charge on any atom is -0.358 e. The van der Waals surface area contributed by atoms with Crippen LogP contribution in [0.25, 0.3) is 0 Å². The second-order valence-electron chi connectivity index (χ2n) is 4.83. The Labute approximate surface area is 145 Å². The topological polar surface area (TPSA) is 102 Å². The van der Waals surface area contributed by atoms with Gasteiger partial charge in [0.25, 0.3) is 5.91 Å². The summed E-state index contributed by atoms with van der Waals surface area (Å²) in [5.74, 6) is -0.518. The van der Waals surface area contributed by atoms with Crippen LogP contribution in [0.4, 0.5) is 5.82 Å². The number of aryl methyl sites for hydroxylation is 1. The number of nitrogens with zero attached hydrogens (tertiary/aromatic N) is 4. The summed E-state index contributed by atoms with van der Waals surface area (Å²) in [5.41, 5.74) is 4.24. The molecule has 1 N–H and O–H groups in total. The van der Waals surface area contributed by atoms with Gasteiger partial charge < -0.3 is 10.1 Å². The van der Waals surface area contributed by atoms with Crippen LogP contribution in [0.3, 0.4) is 0 Å². The number of nitro groups is 1. The van der Waals surface area contributed by atoms with E-state index >= 15 is 0 Å². The summed E-state index contributed by atoms with van der Waals surface area (Å²) in [6.45, 7) is 3.69. The van der Waals surface area contributed by atoms with Crippen LogP contribution >= 0.6 is 22.6 Å². The Morgan fingerprint density at radius 2 is 2.17 bits per heavy atom. The Balaban J connectivity index is 2.05. The van der Waals surface area contributed by atoms with Crippen molar-refractivity contribution in [2.24, 2.45) is 5.10 Å². The van der Waals surface area contributed by atoms with E-state index in [0.29, 0.717) is 17.0 Å². The summed E-state index contributed by atoms with van der Waals surface area (Å²) in [7, 11) is 0. The molecule has 0 bridgehead atoms. The van der Waals surface area contributed by atoms with Crippen molar-refractivity contribution in [3.8, 4) is 0 Å². The van der Waals surface area contributed by atoms with Crippen molar-refractivity contribution in [3.63, 3.8) is 0 Å². The van der Waals surface area contributed by atoms with Gasteiger partial charge >= 0.3 is 5.82 Å². The molecular weight excluding hydrogens is 413 g/mol. The second kappa shape index (κ2) is 7.31. The number of hydrogen-bond acceptors (Lipinski definition) is 5. The van der Waals surface area contributed by atoms with Crippen LogP contribution in [-0.2, 0) is 6.54 Å². The fourth-order valence-corrected chi connectivity index (χ4v) is 2.48. The van der Waals surface area contributed by atoms with Crippen molar-refractivity contribution in [2.45, 2.75) is 20.4 Å². The molecule has 2 rings (SSSR count). The zero-order valence-corrected chi connectivity index (χ0v) is 14.6. The van der Waals surface area contributed by atoms with E-state index in [2.05, 4.69) is 38.2 Å². The lowest BCUT2D eigenvalue weighted by Gasteiger charge is -2.04. The predicted molar refractivity (Wildman–Crippen MR) is 93.4 cm³/mol. The van der Waals surface area contributed by atoms with Gasteiger partial charge in [-0.15, -0.1) is 0 Å². The largest absolute Gasteiger partial charge is 0.390 e. The fraction of sp³-hybridized carbons (Fsp3) is 0.214. The van der Waals surface area contributed by atoms with E-state index in [4.69, 9.17) is 0 Å². The van der Waals surface area contributed by atoms with Crippen molar-refractivity contribution in [1.29, 1.82) is 0 Å². The SMILES string of the molecule is CC(Cn1nc([N+](=O)[O-])cc1C)=NNC(=O)c1ccccc1I. The maximum Gasteiger partial charge on any atom is 0.390 e. The minimum atomic E-state index is -0.547. The maximum atomic E-state index is 12.0. The molecule has 0 unspecified atom stereocenters. The zero-order valence-electron chi connectivity index (χ0n) is 12.5. The zero-order chi connectivity index (χ0) is 17.0. The van der Waals surface area contributed by atoms with E-state index in [0.717, 1.165) is 3.57 Å². The molecule has 8 nitrogen and oxygen atoms in total. The average molecular weight is 427 g/mol. The van der Waals surface area contributed by atoms with Crippen molar-refractivity contribution in [3.05, 3.63) is 55.3 Å². The van der Waals surface area contributed by atoms with Gasteiger partial charge in [0.2, 0.25) is 0 Å². The molecule has 2 aromatic rings. The molecule has 0 aliphatic carbocycles. The number of hydrogen-bond donors (Lipinski definition) is 1. The molecule has 1 heterocycles. The minimum absolute atomic E-state index is 0.210. The van der Waals surface area contributed by atoms with Crippen molar-refractivity contribution in [2.75, 3.05) is 0 Å². The normalized spacial score (nSPS) is 11.3. The Kier molecular flexibility index (Phi) is 5.42. The Morgan fingerprint density at radius 3 is 2.78 bits per heavy atom. The van der Waals surface area contributed by atoms with Gasteiger partial charge in [0.15, 0.2) is 0 Å². The third kappa shape index (κ3) is 4.34. The number of aromatic nitrogens is 2. The number of nitrogens with one attached hydrogen (secondary N) is 1. The summed E-state index contributed by atoms with van der Waals surface area (Å²) < 4.78 is 2.30.